The van der Waals surface area contributed by atoms with Crippen LogP contribution in [0.1, 0.15) is 52.5 Å². The Morgan fingerprint density at radius 3 is 2.14 bits per heavy atom. The Hall–Kier alpha value is -3.68. The second-order valence-corrected chi connectivity index (χ2v) is 14.1. The quantitative estimate of drug-likeness (QED) is 0.0900. The zero-order valence-electron chi connectivity index (χ0n) is 27.5. The van der Waals surface area contributed by atoms with Gasteiger partial charge < -0.3 is 53.7 Å². The number of nitrogens with zero attached hydrogens (tertiary/aromatic N) is 4. The highest BCUT2D eigenvalue weighted by Crippen LogP contribution is 2.52. The fourth-order valence-corrected chi connectivity index (χ4v) is 5.59. The number of nitrogens with one attached hydrogen (secondary N) is 1. The number of carbonyl (C=O) groups excluding carboxylic acids is 2. The fraction of sp³-hybridized carbons (Fsp3) is 0.552. The van der Waals surface area contributed by atoms with E-state index in [1.54, 1.807) is 19.1 Å². The average molecular weight is 750 g/mol. The van der Waals surface area contributed by atoms with Gasteiger partial charge in [0.1, 0.15) is 43.2 Å². The molecule has 21 heteroatoms. The molecule has 50 heavy (non-hydrogen) atoms. The van der Waals surface area contributed by atoms with Gasteiger partial charge in [-0.2, -0.15) is 15.1 Å². The van der Waals surface area contributed by atoms with E-state index in [-0.39, 0.29) is 22.8 Å². The largest absolute Gasteiger partial charge is 0.508 e. The smallest absolute Gasteiger partial charge is 0.432 e. The maximum Gasteiger partial charge on any atom is 0.508 e. The zero-order valence-corrected chi connectivity index (χ0v) is 29.2. The summed E-state index contributed by atoms with van der Waals surface area (Å²) in [5, 5.41) is 26.6. The number of anilines is 1. The molecule has 276 valence electrons. The lowest BCUT2D eigenvalue weighted by atomic mass is 10.1. The second kappa shape index (κ2) is 16.1. The third kappa shape index (κ3) is 9.35. The van der Waals surface area contributed by atoms with Crippen LogP contribution in [0.5, 0.6) is 0 Å². The molecular formula is C29H38ClFN5O13P. The number of hydrogen-bond donors (Lipinski definition) is 5. The van der Waals surface area contributed by atoms with Gasteiger partial charge in [0, 0.05) is 6.04 Å². The molecule has 3 heterocycles. The molecule has 5 N–H and O–H groups in total. The topological polar surface area (TPSA) is 243 Å². The van der Waals surface area contributed by atoms with Crippen molar-refractivity contribution in [1.82, 2.24) is 19.7 Å². The molecule has 0 amide bonds. The van der Waals surface area contributed by atoms with E-state index >= 15 is 0 Å². The summed E-state index contributed by atoms with van der Waals surface area (Å²) in [6, 6.07) is 5.44. The van der Waals surface area contributed by atoms with Crippen molar-refractivity contribution < 1.29 is 67.0 Å². The highest BCUT2D eigenvalue weighted by molar-refractivity contribution is 7.53. The first-order chi connectivity index (χ1) is 23.4. The predicted octanol–water partition coefficient (Wildman–Crippen LogP) is 3.42. The molecule has 1 aromatic carbocycles. The van der Waals surface area contributed by atoms with Crippen molar-refractivity contribution in [3.63, 3.8) is 0 Å². The first-order valence-corrected chi connectivity index (χ1v) is 17.2. The number of fused-ring (bicyclic) bond motifs is 1. The molecule has 0 saturated carbocycles. The average Bonchev–Trinajstić information content (AvgIpc) is 3.55. The Morgan fingerprint density at radius 2 is 1.60 bits per heavy atom. The SMILES string of the molecule is CC(C)OC(=O)OCC(COC(=O)OC(C)C)(OC[C@H]1O[C@@H](n2ncc3c(N[C@H](C)c4ccc(F)cc4)nc(Cl)nc32)[C@H](O)[C@@H]1O)P(=O)(O)O. The van der Waals surface area contributed by atoms with Crippen LogP contribution in [-0.2, 0) is 33.0 Å². The minimum absolute atomic E-state index is 0.0790. The summed E-state index contributed by atoms with van der Waals surface area (Å²) in [7, 11) is -5.49. The van der Waals surface area contributed by atoms with Crippen LogP contribution in [0.25, 0.3) is 11.0 Å². The Balaban J connectivity index is 1.56. The van der Waals surface area contributed by atoms with E-state index in [1.807, 2.05) is 0 Å². The Morgan fingerprint density at radius 1 is 1.02 bits per heavy atom. The van der Waals surface area contributed by atoms with Crippen molar-refractivity contribution in [2.45, 2.75) is 82.8 Å². The Labute approximate surface area is 289 Å². The molecule has 0 aliphatic carbocycles. The molecule has 0 unspecified atom stereocenters. The number of carbonyl (C=O) groups is 2. The maximum atomic E-state index is 13.4. The minimum atomic E-state index is -5.49. The van der Waals surface area contributed by atoms with Gasteiger partial charge in [-0.25, -0.2) is 18.7 Å². The monoisotopic (exact) mass is 749 g/mol. The molecule has 1 aliphatic rings. The normalized spacial score (nSPS) is 20.3. The first kappa shape index (κ1) is 39.1. The van der Waals surface area contributed by atoms with Crippen LogP contribution in [0, 0.1) is 5.82 Å². The summed E-state index contributed by atoms with van der Waals surface area (Å²) in [6.07, 6.45) is -8.84. The van der Waals surface area contributed by atoms with Gasteiger partial charge in [-0.15, -0.1) is 0 Å². The highest BCUT2D eigenvalue weighted by atomic mass is 35.5. The van der Waals surface area contributed by atoms with Crippen molar-refractivity contribution >= 4 is 48.4 Å². The molecule has 1 saturated heterocycles. The minimum Gasteiger partial charge on any atom is -0.432 e. The zero-order chi connectivity index (χ0) is 37.0. The van der Waals surface area contributed by atoms with Crippen LogP contribution in [0.2, 0.25) is 5.28 Å². The van der Waals surface area contributed by atoms with Gasteiger partial charge in [0.05, 0.1) is 30.4 Å². The maximum absolute atomic E-state index is 13.4. The van der Waals surface area contributed by atoms with Gasteiger partial charge >= 0.3 is 19.9 Å². The molecule has 5 atom stereocenters. The van der Waals surface area contributed by atoms with Crippen molar-refractivity contribution in [1.29, 1.82) is 0 Å². The van der Waals surface area contributed by atoms with Crippen LogP contribution in [0.4, 0.5) is 19.8 Å². The standard InChI is InChI=1S/C29H38ClFN5O13P/c1-14(2)47-27(39)44-12-29(50(41,42)43,13-45-28(40)48-15(3)4)46-11-20-21(37)22(38)25(49-20)36-24-19(10-32-36)23(34-26(30)35-24)33-16(5)17-6-8-18(31)9-7-17/h6-10,14-16,20-22,25,37-38H,11-13H2,1-5H3,(H,33,34,35)(H2,41,42,43)/t16-,20-,21-,22-,25-/m1/s1. The van der Waals surface area contributed by atoms with Crippen molar-refractivity contribution in [3.8, 4) is 0 Å². The molecule has 18 nitrogen and oxygen atoms in total. The summed E-state index contributed by atoms with van der Waals surface area (Å²) in [5.74, 6) is -0.156. The molecule has 2 aromatic heterocycles. The predicted molar refractivity (Wildman–Crippen MR) is 171 cm³/mol. The van der Waals surface area contributed by atoms with E-state index in [2.05, 4.69) is 20.4 Å². The lowest BCUT2D eigenvalue weighted by Gasteiger charge is -2.33. The number of halogens is 2. The number of ether oxygens (including phenoxy) is 6. The highest BCUT2D eigenvalue weighted by Gasteiger charge is 2.54. The molecule has 0 spiro atoms. The van der Waals surface area contributed by atoms with E-state index in [1.165, 1.54) is 46.0 Å². The van der Waals surface area contributed by atoms with Gasteiger partial charge in [0.25, 0.3) is 0 Å². The van der Waals surface area contributed by atoms with E-state index in [0.29, 0.717) is 5.39 Å². The van der Waals surface area contributed by atoms with Crippen molar-refractivity contribution in [2.75, 3.05) is 25.1 Å². The summed E-state index contributed by atoms with van der Waals surface area (Å²) < 4.78 is 58.3. The molecular weight excluding hydrogens is 712 g/mol. The summed E-state index contributed by atoms with van der Waals surface area (Å²) in [5.41, 5.74) is 0.813. The molecule has 0 radical (unpaired) electrons. The molecule has 1 fully saturated rings. The Kier molecular flexibility index (Phi) is 12.6. The number of rotatable bonds is 14. The van der Waals surface area contributed by atoms with Crippen LogP contribution in [-0.4, -0.2) is 108 Å². The number of aliphatic hydroxyl groups excluding tert-OH is 2. The van der Waals surface area contributed by atoms with Crippen molar-refractivity contribution in [2.24, 2.45) is 0 Å². The number of aromatic nitrogens is 4. The second-order valence-electron chi connectivity index (χ2n) is 11.8. The lowest BCUT2D eigenvalue weighted by Crippen LogP contribution is -2.47. The van der Waals surface area contributed by atoms with Crippen molar-refractivity contribution in [3.05, 3.63) is 47.1 Å². The molecule has 1 aliphatic heterocycles. The lowest BCUT2D eigenvalue weighted by molar-refractivity contribution is -0.130. The van der Waals surface area contributed by atoms with Gasteiger partial charge in [-0.1, -0.05) is 12.1 Å². The summed E-state index contributed by atoms with van der Waals surface area (Å²) in [4.78, 5) is 53.3. The van der Waals surface area contributed by atoms with Crippen LogP contribution in [0.15, 0.2) is 30.5 Å². The van der Waals surface area contributed by atoms with E-state index in [9.17, 15) is 38.5 Å². The molecule has 4 rings (SSSR count). The molecule has 3 aromatic rings. The van der Waals surface area contributed by atoms with Gasteiger partial charge in [-0.3, -0.25) is 4.57 Å². The van der Waals surface area contributed by atoms with E-state index < -0.39 is 87.6 Å². The summed E-state index contributed by atoms with van der Waals surface area (Å²) in [6.45, 7) is 4.67. The first-order valence-electron chi connectivity index (χ1n) is 15.2. The molecule has 0 bridgehead atoms. The van der Waals surface area contributed by atoms with Crippen LogP contribution < -0.4 is 5.32 Å². The van der Waals surface area contributed by atoms with Gasteiger partial charge in [0.15, 0.2) is 11.9 Å². The summed E-state index contributed by atoms with van der Waals surface area (Å²) >= 11 is 6.22. The fourth-order valence-electron chi connectivity index (χ4n) is 4.71. The Bertz CT molecular complexity index is 1670. The van der Waals surface area contributed by atoms with Gasteiger partial charge in [-0.05, 0) is 63.9 Å². The third-order valence-electron chi connectivity index (χ3n) is 7.27. The number of benzene rings is 1. The van der Waals surface area contributed by atoms with Crippen LogP contribution in [0.3, 0.4) is 0 Å². The van der Waals surface area contributed by atoms with E-state index in [4.69, 9.17) is 40.0 Å². The van der Waals surface area contributed by atoms with Crippen LogP contribution >= 0.6 is 19.2 Å². The third-order valence-corrected chi connectivity index (χ3v) is 8.89. The van der Waals surface area contributed by atoms with E-state index in [0.717, 1.165) is 10.2 Å². The number of aliphatic hydroxyl groups is 2. The van der Waals surface area contributed by atoms with Gasteiger partial charge in [0.2, 0.25) is 10.6 Å². The number of hydrogen-bond acceptors (Lipinski definition) is 15.